The summed E-state index contributed by atoms with van der Waals surface area (Å²) in [6.45, 7) is 2.46. The molecule has 4 nitrogen and oxygen atoms in total. The zero-order valence-corrected chi connectivity index (χ0v) is 16.2. The van der Waals surface area contributed by atoms with Crippen LogP contribution in [0.3, 0.4) is 0 Å². The van der Waals surface area contributed by atoms with Gasteiger partial charge in [-0.2, -0.15) is 11.3 Å². The molecule has 1 N–H and O–H groups in total. The minimum atomic E-state index is -0.0562. The third-order valence-corrected chi connectivity index (χ3v) is 5.94. The Bertz CT molecular complexity index is 826. The number of carbonyl (C=O) groups excluding carboxylic acids is 1. The number of carbonyl (C=O) groups is 1. The number of hydrogen-bond acceptors (Lipinski definition) is 5. The van der Waals surface area contributed by atoms with E-state index in [1.165, 1.54) is 16.9 Å². The Morgan fingerprint density at radius 2 is 2.00 bits per heavy atom. The van der Waals surface area contributed by atoms with Gasteiger partial charge in [-0.1, -0.05) is 30.3 Å². The lowest BCUT2D eigenvalue weighted by atomic mass is 10.1. The van der Waals surface area contributed by atoms with Crippen molar-refractivity contribution in [2.75, 3.05) is 20.6 Å². The van der Waals surface area contributed by atoms with Crippen LogP contribution < -0.4 is 5.32 Å². The molecule has 1 atom stereocenters. The summed E-state index contributed by atoms with van der Waals surface area (Å²) >= 11 is 3.12. The van der Waals surface area contributed by atoms with Crippen LogP contribution in [0.25, 0.3) is 10.6 Å². The van der Waals surface area contributed by atoms with Crippen molar-refractivity contribution in [2.45, 2.75) is 13.0 Å². The van der Waals surface area contributed by atoms with E-state index >= 15 is 0 Å². The number of nitrogens with zero attached hydrogens (tertiary/aromatic N) is 2. The van der Waals surface area contributed by atoms with Gasteiger partial charge in [0.25, 0.3) is 5.91 Å². The molecule has 2 aromatic heterocycles. The molecule has 0 aliphatic rings. The lowest BCUT2D eigenvalue weighted by molar-refractivity contribution is 0.0945. The average Bonchev–Trinajstić information content (AvgIpc) is 3.25. The number of benzene rings is 1. The van der Waals surface area contributed by atoms with Gasteiger partial charge in [0.15, 0.2) is 0 Å². The van der Waals surface area contributed by atoms with E-state index in [1.54, 1.807) is 11.3 Å². The van der Waals surface area contributed by atoms with Gasteiger partial charge in [-0.3, -0.25) is 4.79 Å². The Morgan fingerprint density at radius 3 is 2.64 bits per heavy atom. The number of nitrogens with one attached hydrogen (secondary N) is 1. The first kappa shape index (κ1) is 17.8. The topological polar surface area (TPSA) is 45.2 Å². The van der Waals surface area contributed by atoms with Crippen LogP contribution in [0.5, 0.6) is 0 Å². The average molecular weight is 372 g/mol. The summed E-state index contributed by atoms with van der Waals surface area (Å²) in [6, 6.07) is 12.2. The van der Waals surface area contributed by atoms with Crippen LogP contribution in [0.2, 0.25) is 0 Å². The van der Waals surface area contributed by atoms with Gasteiger partial charge in [0.2, 0.25) is 0 Å². The molecular formula is C19H21N3OS2. The number of amides is 1. The molecule has 130 valence electrons. The second-order valence-electron chi connectivity index (χ2n) is 6.05. The Balaban J connectivity index is 1.72. The Hall–Kier alpha value is -2.02. The minimum absolute atomic E-state index is 0.0562. The molecule has 1 amide bonds. The third kappa shape index (κ3) is 4.15. The summed E-state index contributed by atoms with van der Waals surface area (Å²) in [5.41, 5.74) is 3.04. The molecule has 3 aromatic rings. The van der Waals surface area contributed by atoms with Crippen molar-refractivity contribution >= 4 is 28.6 Å². The zero-order chi connectivity index (χ0) is 17.8. The molecule has 0 saturated heterocycles. The van der Waals surface area contributed by atoms with Gasteiger partial charge in [0, 0.05) is 12.1 Å². The second-order valence-corrected chi connectivity index (χ2v) is 7.82. The molecule has 2 heterocycles. The van der Waals surface area contributed by atoms with Crippen LogP contribution in [0, 0.1) is 6.92 Å². The molecule has 0 bridgehead atoms. The van der Waals surface area contributed by atoms with Gasteiger partial charge >= 0.3 is 0 Å². The number of hydrogen-bond donors (Lipinski definition) is 1. The monoisotopic (exact) mass is 371 g/mol. The van der Waals surface area contributed by atoms with E-state index < -0.39 is 0 Å². The standard InChI is InChI=1S/C19H21N3OS2/c1-13-17(25-19(21-13)14-7-5-4-6-8-14)18(23)20-11-16(22(2)3)15-9-10-24-12-15/h4-10,12,16H,11H2,1-3H3,(H,20,23)/t16-/m0/s1. The molecule has 6 heteroatoms. The first-order chi connectivity index (χ1) is 12.1. The normalized spacial score (nSPS) is 12.3. The van der Waals surface area contributed by atoms with Crippen molar-refractivity contribution in [3.8, 4) is 10.6 Å². The molecule has 0 spiro atoms. The molecule has 25 heavy (non-hydrogen) atoms. The van der Waals surface area contributed by atoms with Gasteiger partial charge in [0.1, 0.15) is 9.88 Å². The van der Waals surface area contributed by atoms with Crippen LogP contribution in [0.1, 0.15) is 27.0 Å². The second kappa shape index (κ2) is 7.91. The quantitative estimate of drug-likeness (QED) is 0.706. The summed E-state index contributed by atoms with van der Waals surface area (Å²) < 4.78 is 0. The van der Waals surface area contributed by atoms with Crippen LogP contribution in [0.4, 0.5) is 0 Å². The number of thiazole rings is 1. The summed E-state index contributed by atoms with van der Waals surface area (Å²) in [5.74, 6) is -0.0562. The van der Waals surface area contributed by atoms with E-state index in [0.717, 1.165) is 16.3 Å². The summed E-state index contributed by atoms with van der Waals surface area (Å²) in [7, 11) is 4.06. The van der Waals surface area contributed by atoms with Gasteiger partial charge in [-0.05, 0) is 43.4 Å². The molecule has 0 fully saturated rings. The summed E-state index contributed by atoms with van der Waals surface area (Å²) in [6.07, 6.45) is 0. The summed E-state index contributed by atoms with van der Waals surface area (Å²) in [4.78, 5) is 20.0. The Kier molecular flexibility index (Phi) is 5.63. The first-order valence-corrected chi connectivity index (χ1v) is 9.81. The lowest BCUT2D eigenvalue weighted by Crippen LogP contribution is -2.34. The van der Waals surface area contributed by atoms with Crippen LogP contribution in [0.15, 0.2) is 47.2 Å². The fourth-order valence-electron chi connectivity index (χ4n) is 2.64. The van der Waals surface area contributed by atoms with E-state index in [0.29, 0.717) is 11.4 Å². The molecule has 0 aliphatic heterocycles. The van der Waals surface area contributed by atoms with E-state index in [-0.39, 0.29) is 11.9 Å². The van der Waals surface area contributed by atoms with Gasteiger partial charge in [-0.15, -0.1) is 11.3 Å². The van der Waals surface area contributed by atoms with Crippen LogP contribution >= 0.6 is 22.7 Å². The van der Waals surface area contributed by atoms with E-state index in [2.05, 4.69) is 32.0 Å². The van der Waals surface area contributed by atoms with Crippen molar-refractivity contribution in [1.29, 1.82) is 0 Å². The number of aryl methyl sites for hydroxylation is 1. The fourth-order valence-corrected chi connectivity index (χ4v) is 4.34. The number of aromatic nitrogens is 1. The zero-order valence-electron chi connectivity index (χ0n) is 14.5. The first-order valence-electron chi connectivity index (χ1n) is 8.06. The SMILES string of the molecule is Cc1nc(-c2ccccc2)sc1C(=O)NC[C@@H](c1ccsc1)N(C)C. The minimum Gasteiger partial charge on any atom is -0.349 e. The van der Waals surface area contributed by atoms with Crippen LogP contribution in [-0.2, 0) is 0 Å². The van der Waals surface area contributed by atoms with E-state index in [9.17, 15) is 4.79 Å². The smallest absolute Gasteiger partial charge is 0.263 e. The predicted octanol–water partition coefficient (Wildman–Crippen LogP) is 4.21. The Labute approximate surface area is 156 Å². The molecule has 0 radical (unpaired) electrons. The molecule has 1 aromatic carbocycles. The molecule has 0 unspecified atom stereocenters. The summed E-state index contributed by atoms with van der Waals surface area (Å²) in [5, 5.41) is 8.14. The van der Waals surface area contributed by atoms with Crippen molar-refractivity contribution in [3.63, 3.8) is 0 Å². The maximum atomic E-state index is 12.7. The van der Waals surface area contributed by atoms with E-state index in [4.69, 9.17) is 0 Å². The van der Waals surface area contributed by atoms with Crippen molar-refractivity contribution in [1.82, 2.24) is 15.2 Å². The predicted molar refractivity (Wildman–Crippen MR) is 105 cm³/mol. The van der Waals surface area contributed by atoms with Gasteiger partial charge in [-0.25, -0.2) is 4.98 Å². The van der Waals surface area contributed by atoms with E-state index in [1.807, 2.05) is 51.4 Å². The highest BCUT2D eigenvalue weighted by atomic mass is 32.1. The highest BCUT2D eigenvalue weighted by molar-refractivity contribution is 7.17. The van der Waals surface area contributed by atoms with Crippen LogP contribution in [-0.4, -0.2) is 36.4 Å². The largest absolute Gasteiger partial charge is 0.349 e. The number of thiophene rings is 1. The maximum Gasteiger partial charge on any atom is 0.263 e. The molecule has 0 saturated carbocycles. The van der Waals surface area contributed by atoms with Crippen molar-refractivity contribution in [3.05, 3.63) is 63.3 Å². The number of rotatable bonds is 6. The fraction of sp³-hybridized carbons (Fsp3) is 0.263. The van der Waals surface area contributed by atoms with Crippen molar-refractivity contribution < 1.29 is 4.79 Å². The van der Waals surface area contributed by atoms with Crippen molar-refractivity contribution in [2.24, 2.45) is 0 Å². The molecule has 3 rings (SSSR count). The maximum absolute atomic E-state index is 12.7. The number of likely N-dealkylation sites (N-methyl/N-ethyl adjacent to an activating group) is 1. The van der Waals surface area contributed by atoms with Gasteiger partial charge in [0.05, 0.1) is 11.7 Å². The Morgan fingerprint density at radius 1 is 1.24 bits per heavy atom. The molecule has 0 aliphatic carbocycles. The van der Waals surface area contributed by atoms with Gasteiger partial charge < -0.3 is 10.2 Å². The third-order valence-electron chi connectivity index (χ3n) is 4.03. The highest BCUT2D eigenvalue weighted by Gasteiger charge is 2.19. The lowest BCUT2D eigenvalue weighted by Gasteiger charge is -2.23. The molecular weight excluding hydrogens is 350 g/mol. The highest BCUT2D eigenvalue weighted by Crippen LogP contribution is 2.28.